The first-order chi connectivity index (χ1) is 17.0. The van der Waals surface area contributed by atoms with Gasteiger partial charge in [-0.1, -0.05) is 36.4 Å². The highest BCUT2D eigenvalue weighted by molar-refractivity contribution is 5.92. The Balaban J connectivity index is 1.35. The number of aromatic nitrogens is 3. The third-order valence-electron chi connectivity index (χ3n) is 7.69. The smallest absolute Gasteiger partial charge is 0.159 e. The molecule has 180 valence electrons. The van der Waals surface area contributed by atoms with Gasteiger partial charge < -0.3 is 10.2 Å². The lowest BCUT2D eigenvalue weighted by Gasteiger charge is -2.36. The number of nitrogens with zero attached hydrogens (tertiary/aromatic N) is 5. The average molecular weight is 467 g/mol. The number of likely N-dealkylation sites (tertiary alicyclic amines) is 1. The molecule has 0 amide bonds. The van der Waals surface area contributed by atoms with Gasteiger partial charge in [0.2, 0.25) is 0 Å². The van der Waals surface area contributed by atoms with Crippen LogP contribution in [0, 0.1) is 6.92 Å². The van der Waals surface area contributed by atoms with E-state index in [2.05, 4.69) is 101 Å². The first-order valence-corrected chi connectivity index (χ1v) is 12.8. The topological polar surface area (TPSA) is 49.2 Å². The molecule has 0 aliphatic carbocycles. The average Bonchev–Trinajstić information content (AvgIpc) is 3.57. The maximum atomic E-state index is 5.22. The van der Waals surface area contributed by atoms with Gasteiger partial charge in [0.05, 0.1) is 11.2 Å². The van der Waals surface area contributed by atoms with E-state index in [0.717, 1.165) is 35.9 Å². The summed E-state index contributed by atoms with van der Waals surface area (Å²) in [6, 6.07) is 23.3. The molecule has 4 heterocycles. The van der Waals surface area contributed by atoms with Gasteiger partial charge in [0.1, 0.15) is 5.82 Å². The van der Waals surface area contributed by atoms with Crippen LogP contribution in [-0.4, -0.2) is 50.9 Å². The minimum atomic E-state index is 0.162. The predicted octanol–water partition coefficient (Wildman–Crippen LogP) is 5.57. The molecule has 2 aromatic heterocycles. The Labute approximate surface area is 207 Å². The summed E-state index contributed by atoms with van der Waals surface area (Å²) in [5.74, 6) is 1.96. The summed E-state index contributed by atoms with van der Waals surface area (Å²) in [7, 11) is 0. The SMILES string of the molecule is Cc1ccc2c(N3CC4CC3CN4C(C)C)nn(-c3ccnc(N[C@H](C)c4ccccc4)c3)c2c1. The van der Waals surface area contributed by atoms with Crippen LogP contribution in [0.5, 0.6) is 0 Å². The Morgan fingerprint density at radius 1 is 0.943 bits per heavy atom. The molecule has 3 atom stereocenters. The maximum absolute atomic E-state index is 5.22. The maximum Gasteiger partial charge on any atom is 0.159 e. The molecule has 1 N–H and O–H groups in total. The van der Waals surface area contributed by atoms with Crippen molar-refractivity contribution < 1.29 is 0 Å². The summed E-state index contributed by atoms with van der Waals surface area (Å²) in [5.41, 5.74) is 4.65. The van der Waals surface area contributed by atoms with Gasteiger partial charge >= 0.3 is 0 Å². The molecule has 0 spiro atoms. The zero-order chi connectivity index (χ0) is 24.1. The Hall–Kier alpha value is -3.38. The van der Waals surface area contributed by atoms with E-state index in [1.165, 1.54) is 22.9 Å². The molecule has 6 heteroatoms. The fourth-order valence-corrected chi connectivity index (χ4v) is 5.88. The molecule has 0 radical (unpaired) electrons. The van der Waals surface area contributed by atoms with Crippen molar-refractivity contribution in [2.45, 2.75) is 58.3 Å². The van der Waals surface area contributed by atoms with E-state index in [1.54, 1.807) is 0 Å². The van der Waals surface area contributed by atoms with Crippen molar-refractivity contribution in [3.8, 4) is 5.69 Å². The number of rotatable bonds is 6. The molecule has 0 saturated carbocycles. The number of pyridine rings is 1. The zero-order valence-electron chi connectivity index (χ0n) is 21.0. The number of hydrogen-bond acceptors (Lipinski definition) is 5. The third-order valence-corrected chi connectivity index (χ3v) is 7.69. The summed E-state index contributed by atoms with van der Waals surface area (Å²) in [4.78, 5) is 9.80. The lowest BCUT2D eigenvalue weighted by Crippen LogP contribution is -2.49. The number of benzene rings is 2. The van der Waals surface area contributed by atoms with Gasteiger partial charge in [0.15, 0.2) is 5.82 Å². The van der Waals surface area contributed by atoms with Crippen molar-refractivity contribution >= 4 is 22.5 Å². The monoisotopic (exact) mass is 466 g/mol. The number of fused-ring (bicyclic) bond motifs is 3. The molecular formula is C29H34N6. The second kappa shape index (κ2) is 8.68. The summed E-state index contributed by atoms with van der Waals surface area (Å²) in [6.45, 7) is 11.1. The number of aryl methyl sites for hydroxylation is 1. The van der Waals surface area contributed by atoms with E-state index in [0.29, 0.717) is 18.1 Å². The van der Waals surface area contributed by atoms with E-state index < -0.39 is 0 Å². The fraction of sp³-hybridized carbons (Fsp3) is 0.379. The lowest BCUT2D eigenvalue weighted by molar-refractivity contribution is 0.191. The highest BCUT2D eigenvalue weighted by atomic mass is 15.4. The van der Waals surface area contributed by atoms with Crippen molar-refractivity contribution in [3.05, 3.63) is 78.0 Å². The van der Waals surface area contributed by atoms with Crippen LogP contribution in [0.25, 0.3) is 16.6 Å². The highest BCUT2D eigenvalue weighted by Gasteiger charge is 2.45. The largest absolute Gasteiger partial charge is 0.363 e. The van der Waals surface area contributed by atoms with Crippen molar-refractivity contribution in [3.63, 3.8) is 0 Å². The Morgan fingerprint density at radius 3 is 2.51 bits per heavy atom. The van der Waals surface area contributed by atoms with Crippen LogP contribution in [0.2, 0.25) is 0 Å². The number of hydrogen-bond donors (Lipinski definition) is 1. The normalized spacial score (nSPS) is 20.8. The van der Waals surface area contributed by atoms with Gasteiger partial charge in [-0.25, -0.2) is 9.67 Å². The summed E-state index contributed by atoms with van der Waals surface area (Å²) >= 11 is 0. The van der Waals surface area contributed by atoms with Gasteiger partial charge in [-0.3, -0.25) is 4.90 Å². The van der Waals surface area contributed by atoms with Crippen molar-refractivity contribution in [1.82, 2.24) is 19.7 Å². The molecule has 2 bridgehead atoms. The minimum Gasteiger partial charge on any atom is -0.363 e. The van der Waals surface area contributed by atoms with Gasteiger partial charge in [0.25, 0.3) is 0 Å². The molecule has 2 unspecified atom stereocenters. The molecule has 4 aromatic rings. The molecule has 2 aromatic carbocycles. The van der Waals surface area contributed by atoms with Crippen LogP contribution in [-0.2, 0) is 0 Å². The van der Waals surface area contributed by atoms with Crippen LogP contribution < -0.4 is 10.2 Å². The molecule has 6 rings (SSSR count). The Kier molecular flexibility index (Phi) is 5.49. The van der Waals surface area contributed by atoms with Crippen LogP contribution >= 0.6 is 0 Å². The molecule has 2 saturated heterocycles. The highest BCUT2D eigenvalue weighted by Crippen LogP contribution is 2.39. The summed E-state index contributed by atoms with van der Waals surface area (Å²) in [5, 5.41) is 10.0. The third kappa shape index (κ3) is 3.96. The van der Waals surface area contributed by atoms with E-state index in [4.69, 9.17) is 5.10 Å². The molecule has 2 aliphatic heterocycles. The first-order valence-electron chi connectivity index (χ1n) is 12.8. The van der Waals surface area contributed by atoms with Crippen molar-refractivity contribution in [2.24, 2.45) is 0 Å². The van der Waals surface area contributed by atoms with E-state index in [1.807, 2.05) is 18.3 Å². The zero-order valence-corrected chi connectivity index (χ0v) is 21.0. The van der Waals surface area contributed by atoms with Crippen molar-refractivity contribution in [2.75, 3.05) is 23.3 Å². The van der Waals surface area contributed by atoms with Gasteiger partial charge in [-0.05, 0) is 63.4 Å². The van der Waals surface area contributed by atoms with Gasteiger partial charge in [0, 0.05) is 54.9 Å². The lowest BCUT2D eigenvalue weighted by atomic mass is 10.1. The Morgan fingerprint density at radius 2 is 1.77 bits per heavy atom. The van der Waals surface area contributed by atoms with Crippen molar-refractivity contribution in [1.29, 1.82) is 0 Å². The summed E-state index contributed by atoms with van der Waals surface area (Å²) in [6.07, 6.45) is 3.11. The molecule has 2 aliphatic rings. The number of nitrogens with one attached hydrogen (secondary N) is 1. The second-order valence-electron chi connectivity index (χ2n) is 10.4. The molecule has 6 nitrogen and oxygen atoms in total. The quantitative estimate of drug-likeness (QED) is 0.402. The van der Waals surface area contributed by atoms with Crippen LogP contribution in [0.4, 0.5) is 11.6 Å². The summed E-state index contributed by atoms with van der Waals surface area (Å²) < 4.78 is 2.10. The second-order valence-corrected chi connectivity index (χ2v) is 10.4. The van der Waals surface area contributed by atoms with E-state index in [-0.39, 0.29) is 6.04 Å². The Bertz CT molecular complexity index is 1340. The predicted molar refractivity (Wildman–Crippen MR) is 143 cm³/mol. The van der Waals surface area contributed by atoms with Crippen LogP contribution in [0.3, 0.4) is 0 Å². The molecule has 35 heavy (non-hydrogen) atoms. The first kappa shape index (κ1) is 22.1. The van der Waals surface area contributed by atoms with E-state index >= 15 is 0 Å². The fourth-order valence-electron chi connectivity index (χ4n) is 5.88. The molecular weight excluding hydrogens is 432 g/mol. The number of anilines is 2. The van der Waals surface area contributed by atoms with Crippen LogP contribution in [0.15, 0.2) is 66.9 Å². The minimum absolute atomic E-state index is 0.162. The van der Waals surface area contributed by atoms with E-state index in [9.17, 15) is 0 Å². The molecule has 2 fully saturated rings. The van der Waals surface area contributed by atoms with Crippen LogP contribution in [0.1, 0.15) is 44.4 Å². The van der Waals surface area contributed by atoms with Gasteiger partial charge in [-0.15, -0.1) is 5.10 Å². The number of piperazine rings is 1. The standard InChI is InChI=1S/C29H34N6/c1-19(2)33-17-25-15-24(33)18-34(25)29-26-11-10-20(3)14-27(26)35(32-29)23-12-13-30-28(16-23)31-21(4)22-8-6-5-7-9-22/h5-14,16,19,21,24-25H,15,17-18H2,1-4H3,(H,30,31)/t21-,24?,25?/m1/s1. The van der Waals surface area contributed by atoms with Gasteiger partial charge in [-0.2, -0.15) is 0 Å².